The van der Waals surface area contributed by atoms with Crippen LogP contribution in [0.2, 0.25) is 10.0 Å². The topological polar surface area (TPSA) is 64.1 Å². The van der Waals surface area contributed by atoms with Crippen molar-refractivity contribution in [2.24, 2.45) is 5.92 Å². The number of carboxylic acid groups (broad SMARTS) is 1. The molecule has 6 rings (SSSR count). The lowest BCUT2D eigenvalue weighted by Gasteiger charge is -2.44. The van der Waals surface area contributed by atoms with Crippen LogP contribution in [0, 0.1) is 5.92 Å². The number of hydrogen-bond acceptors (Lipinski definition) is 3. The molecule has 3 aromatic rings. The van der Waals surface area contributed by atoms with Crippen LogP contribution in [-0.2, 0) is 16.8 Å². The van der Waals surface area contributed by atoms with Gasteiger partial charge in [0.25, 0.3) is 0 Å². The smallest absolute Gasteiger partial charge is 0.407 e. The third kappa shape index (κ3) is 7.96. The highest BCUT2D eigenvalue weighted by molar-refractivity contribution is 6.31. The molecule has 2 atom stereocenters. The molecule has 0 radical (unpaired) electrons. The summed E-state index contributed by atoms with van der Waals surface area (Å²) in [4.78, 5) is 30.2. The summed E-state index contributed by atoms with van der Waals surface area (Å²) in [6, 6.07) is 26.2. The van der Waals surface area contributed by atoms with Gasteiger partial charge in [-0.2, -0.15) is 0 Å². The molecule has 8 heteroatoms. The summed E-state index contributed by atoms with van der Waals surface area (Å²) in [5.74, 6) is 1.79. The Morgan fingerprint density at radius 2 is 1.50 bits per heavy atom. The second-order valence-electron chi connectivity index (χ2n) is 12.5. The molecular weight excluding hydrogens is 593 g/mol. The van der Waals surface area contributed by atoms with E-state index in [0.717, 1.165) is 74.9 Å². The summed E-state index contributed by atoms with van der Waals surface area (Å²) in [6.07, 6.45) is 5.74. The summed E-state index contributed by atoms with van der Waals surface area (Å²) in [5, 5.41) is 10.0. The molecular formula is C36H43Cl2N3O3. The molecule has 3 aliphatic rings. The zero-order chi connectivity index (χ0) is 31.1. The fraction of sp³-hybridized carbons (Fsp3) is 0.444. The van der Waals surface area contributed by atoms with Crippen LogP contribution < -0.4 is 0 Å². The number of hydrogen-bond donors (Lipinski definition) is 1. The number of likely N-dealkylation sites (tertiary alicyclic amines) is 2. The SMILES string of the molecule is CN(Cc1ccccc1Cl)C(=O)O.O=C(N1CCCCC1)C1(c2ccccc2)CCN(C[C@@H]2C[C@@H]2c2ccc(Cl)cc2)CC1. The summed E-state index contributed by atoms with van der Waals surface area (Å²) < 4.78 is 0. The van der Waals surface area contributed by atoms with Crippen molar-refractivity contribution in [1.82, 2.24) is 14.7 Å². The maximum absolute atomic E-state index is 13.8. The predicted octanol–water partition coefficient (Wildman–Crippen LogP) is 7.94. The lowest BCUT2D eigenvalue weighted by molar-refractivity contribution is -0.140. The third-order valence-electron chi connectivity index (χ3n) is 9.49. The van der Waals surface area contributed by atoms with E-state index in [4.69, 9.17) is 28.3 Å². The number of carbonyl (C=O) groups excluding carboxylic acids is 1. The Morgan fingerprint density at radius 3 is 2.14 bits per heavy atom. The van der Waals surface area contributed by atoms with Crippen molar-refractivity contribution in [2.45, 2.75) is 56.4 Å². The summed E-state index contributed by atoms with van der Waals surface area (Å²) in [5.41, 5.74) is 3.11. The summed E-state index contributed by atoms with van der Waals surface area (Å²) in [6.45, 7) is 5.35. The van der Waals surface area contributed by atoms with Crippen LogP contribution in [0.4, 0.5) is 4.79 Å². The van der Waals surface area contributed by atoms with Crippen LogP contribution in [0.1, 0.15) is 61.1 Å². The van der Waals surface area contributed by atoms with Gasteiger partial charge in [0, 0.05) is 36.7 Å². The molecule has 1 aliphatic carbocycles. The van der Waals surface area contributed by atoms with Gasteiger partial charge in [0.15, 0.2) is 0 Å². The van der Waals surface area contributed by atoms with E-state index in [1.54, 1.807) is 6.07 Å². The van der Waals surface area contributed by atoms with Crippen molar-refractivity contribution in [3.05, 3.63) is 106 Å². The Bertz CT molecular complexity index is 1390. The molecule has 234 valence electrons. The number of benzene rings is 3. The standard InChI is InChI=1S/C27H33ClN2O.C9H10ClNO2/c28-24-11-9-21(10-12-24)25-19-22(25)20-29-17-13-27(14-18-29,23-7-3-1-4-8-23)26(31)30-15-5-2-6-16-30;1-11(9(12)13)6-7-4-2-3-5-8(7)10/h1,3-4,7-12,22,25H,2,5-6,13-20H2;2-5H,6H2,1H3,(H,12,13)/t22-,25+;/m0./s1. The number of rotatable bonds is 7. The van der Waals surface area contributed by atoms with Gasteiger partial charge < -0.3 is 19.8 Å². The molecule has 3 fully saturated rings. The predicted molar refractivity (Wildman–Crippen MR) is 177 cm³/mol. The first-order valence-electron chi connectivity index (χ1n) is 15.8. The number of carbonyl (C=O) groups is 2. The van der Waals surface area contributed by atoms with Crippen LogP contribution in [-0.4, -0.2) is 71.6 Å². The molecule has 1 N–H and O–H groups in total. The highest BCUT2D eigenvalue weighted by Crippen LogP contribution is 2.49. The van der Waals surface area contributed by atoms with E-state index in [0.29, 0.717) is 23.4 Å². The molecule has 1 saturated carbocycles. The lowest BCUT2D eigenvalue weighted by Crippen LogP contribution is -2.54. The second kappa shape index (κ2) is 14.8. The molecule has 0 aromatic heterocycles. The van der Waals surface area contributed by atoms with Crippen molar-refractivity contribution >= 4 is 35.2 Å². The minimum Gasteiger partial charge on any atom is -0.465 e. The van der Waals surface area contributed by atoms with E-state index in [1.165, 1.54) is 35.9 Å². The maximum atomic E-state index is 13.8. The second-order valence-corrected chi connectivity index (χ2v) is 13.3. The molecule has 2 heterocycles. The van der Waals surface area contributed by atoms with Crippen LogP contribution in [0.25, 0.3) is 0 Å². The van der Waals surface area contributed by atoms with Gasteiger partial charge in [0.1, 0.15) is 0 Å². The molecule has 0 unspecified atom stereocenters. The van der Waals surface area contributed by atoms with Gasteiger partial charge in [0.05, 0.1) is 12.0 Å². The minimum atomic E-state index is -0.958. The van der Waals surface area contributed by atoms with E-state index >= 15 is 0 Å². The van der Waals surface area contributed by atoms with Crippen molar-refractivity contribution in [2.75, 3.05) is 39.8 Å². The largest absolute Gasteiger partial charge is 0.465 e. The van der Waals surface area contributed by atoms with Crippen molar-refractivity contribution < 1.29 is 14.7 Å². The van der Waals surface area contributed by atoms with E-state index in [-0.39, 0.29) is 5.41 Å². The molecule has 3 aromatic carbocycles. The molecule has 0 spiro atoms. The third-order valence-corrected chi connectivity index (χ3v) is 10.1. The lowest BCUT2D eigenvalue weighted by atomic mass is 9.71. The van der Waals surface area contributed by atoms with Gasteiger partial charge in [-0.05, 0) is 98.3 Å². The maximum Gasteiger partial charge on any atom is 0.407 e. The average molecular weight is 637 g/mol. The zero-order valence-corrected chi connectivity index (χ0v) is 27.0. The Labute approximate surface area is 271 Å². The van der Waals surface area contributed by atoms with Gasteiger partial charge in [-0.25, -0.2) is 4.79 Å². The molecule has 0 bridgehead atoms. The fourth-order valence-corrected chi connectivity index (χ4v) is 7.07. The number of amides is 2. The van der Waals surface area contributed by atoms with Gasteiger partial charge in [-0.15, -0.1) is 0 Å². The molecule has 2 saturated heterocycles. The van der Waals surface area contributed by atoms with Gasteiger partial charge in [-0.3, -0.25) is 4.79 Å². The fourth-order valence-electron chi connectivity index (χ4n) is 6.75. The van der Waals surface area contributed by atoms with Gasteiger partial charge in [0.2, 0.25) is 5.91 Å². The molecule has 2 amide bonds. The van der Waals surface area contributed by atoms with E-state index in [9.17, 15) is 9.59 Å². The Hall–Kier alpha value is -3.06. The summed E-state index contributed by atoms with van der Waals surface area (Å²) in [7, 11) is 1.51. The van der Waals surface area contributed by atoms with Gasteiger partial charge >= 0.3 is 6.09 Å². The molecule has 6 nitrogen and oxygen atoms in total. The van der Waals surface area contributed by atoms with Crippen molar-refractivity contribution in [3.63, 3.8) is 0 Å². The van der Waals surface area contributed by atoms with Crippen LogP contribution >= 0.6 is 23.2 Å². The van der Waals surface area contributed by atoms with Crippen LogP contribution in [0.15, 0.2) is 78.9 Å². The monoisotopic (exact) mass is 635 g/mol. The summed E-state index contributed by atoms with van der Waals surface area (Å²) >= 11 is 11.9. The van der Waals surface area contributed by atoms with E-state index in [2.05, 4.69) is 52.3 Å². The number of nitrogens with zero attached hydrogens (tertiary/aromatic N) is 3. The first kappa shape index (κ1) is 32.3. The minimum absolute atomic E-state index is 0.314. The van der Waals surface area contributed by atoms with Crippen LogP contribution in [0.5, 0.6) is 0 Å². The zero-order valence-electron chi connectivity index (χ0n) is 25.5. The van der Waals surface area contributed by atoms with E-state index in [1.807, 2.05) is 30.3 Å². The Balaban J connectivity index is 0.000000249. The normalized spacial score (nSPS) is 21.1. The van der Waals surface area contributed by atoms with Crippen LogP contribution in [0.3, 0.4) is 0 Å². The quantitative estimate of drug-likeness (QED) is 0.286. The average Bonchev–Trinajstić information content (AvgIpc) is 3.82. The highest BCUT2D eigenvalue weighted by Gasteiger charge is 2.46. The number of halogens is 2. The first-order valence-corrected chi connectivity index (χ1v) is 16.5. The van der Waals surface area contributed by atoms with E-state index < -0.39 is 6.09 Å². The highest BCUT2D eigenvalue weighted by atomic mass is 35.5. The first-order chi connectivity index (χ1) is 21.3. The van der Waals surface area contributed by atoms with Crippen molar-refractivity contribution in [3.8, 4) is 0 Å². The molecule has 2 aliphatic heterocycles. The Kier molecular flexibility index (Phi) is 10.9. The van der Waals surface area contributed by atoms with Crippen molar-refractivity contribution in [1.29, 1.82) is 0 Å². The number of piperidine rings is 2. The Morgan fingerprint density at radius 1 is 0.864 bits per heavy atom. The molecule has 44 heavy (non-hydrogen) atoms. The van der Waals surface area contributed by atoms with Gasteiger partial charge in [-0.1, -0.05) is 83.9 Å².